The largest absolute Gasteiger partial charge is 0.456 e. The molecule has 1 aromatic heterocycles. The predicted molar refractivity (Wildman–Crippen MR) is 126 cm³/mol. The van der Waals surface area contributed by atoms with E-state index < -0.39 is 6.04 Å². The molecule has 1 unspecified atom stereocenters. The highest BCUT2D eigenvalue weighted by Crippen LogP contribution is 2.32. The third-order valence-corrected chi connectivity index (χ3v) is 5.59. The molecule has 3 aromatic rings. The summed E-state index contributed by atoms with van der Waals surface area (Å²) in [6.45, 7) is 1.55. The summed E-state index contributed by atoms with van der Waals surface area (Å²) in [5.74, 6) is 1.28. The summed E-state index contributed by atoms with van der Waals surface area (Å²) >= 11 is 9.48. The third-order valence-electron chi connectivity index (χ3n) is 3.81. The van der Waals surface area contributed by atoms with Gasteiger partial charge in [-0.15, -0.1) is 0 Å². The van der Waals surface area contributed by atoms with Crippen LogP contribution in [0.3, 0.4) is 0 Å². The van der Waals surface area contributed by atoms with Crippen molar-refractivity contribution in [1.29, 1.82) is 0 Å². The number of anilines is 2. The van der Waals surface area contributed by atoms with Crippen LogP contribution in [0.4, 0.5) is 10.7 Å². The number of aliphatic hydroxyl groups is 1. The van der Waals surface area contributed by atoms with E-state index in [-0.39, 0.29) is 23.6 Å². The Morgan fingerprint density at radius 2 is 2.10 bits per heavy atom. The summed E-state index contributed by atoms with van der Waals surface area (Å²) in [5.41, 5.74) is 6.62. The zero-order chi connectivity index (χ0) is 21.0. The van der Waals surface area contributed by atoms with Gasteiger partial charge in [-0.25, -0.2) is 0 Å². The van der Waals surface area contributed by atoms with E-state index in [2.05, 4.69) is 37.3 Å². The molecule has 3 rings (SSSR count). The van der Waals surface area contributed by atoms with Crippen LogP contribution in [0.15, 0.2) is 52.3 Å². The Morgan fingerprint density at radius 1 is 1.38 bits per heavy atom. The van der Waals surface area contributed by atoms with Crippen molar-refractivity contribution in [3.63, 3.8) is 0 Å². The quantitative estimate of drug-likeness (QED) is 0.201. The lowest BCUT2D eigenvalue weighted by Gasteiger charge is -2.10. The molecule has 0 radical (unpaired) electrons. The number of halogens is 2. The first-order chi connectivity index (χ1) is 13.9. The zero-order valence-electron chi connectivity index (χ0n) is 15.3. The smallest absolute Gasteiger partial charge is 0.271 e. The number of aromatic amines is 1. The SMILES string of the molecule is CC(CO)N=C(N)c1c(Nc2ccc(Oc3cc(I)ccc3Cl)cc2)s[nH]c1=O. The van der Waals surface area contributed by atoms with Gasteiger partial charge in [0.15, 0.2) is 0 Å². The van der Waals surface area contributed by atoms with Crippen LogP contribution in [0.5, 0.6) is 11.5 Å². The van der Waals surface area contributed by atoms with Crippen molar-refractivity contribution in [3.05, 3.63) is 67.0 Å². The van der Waals surface area contributed by atoms with E-state index in [0.29, 0.717) is 21.5 Å². The molecule has 1 heterocycles. The lowest BCUT2D eigenvalue weighted by Crippen LogP contribution is -2.24. The van der Waals surface area contributed by atoms with Crippen LogP contribution in [0.25, 0.3) is 0 Å². The molecular formula is C19H18ClIN4O3S. The molecule has 0 fully saturated rings. The van der Waals surface area contributed by atoms with E-state index in [1.807, 2.05) is 24.3 Å². The second kappa shape index (κ2) is 9.61. The first kappa shape index (κ1) is 21.6. The van der Waals surface area contributed by atoms with Crippen molar-refractivity contribution in [2.24, 2.45) is 10.7 Å². The van der Waals surface area contributed by atoms with Gasteiger partial charge in [-0.05, 0) is 83.5 Å². The first-order valence-electron chi connectivity index (χ1n) is 8.53. The normalized spacial score (nSPS) is 12.6. The fourth-order valence-corrected chi connectivity index (χ4v) is 3.77. The van der Waals surface area contributed by atoms with Crippen LogP contribution in [-0.2, 0) is 0 Å². The van der Waals surface area contributed by atoms with Crippen molar-refractivity contribution < 1.29 is 9.84 Å². The van der Waals surface area contributed by atoms with Crippen molar-refractivity contribution in [3.8, 4) is 11.5 Å². The molecule has 152 valence electrons. The summed E-state index contributed by atoms with van der Waals surface area (Å²) in [4.78, 5) is 16.3. The molecule has 0 aliphatic carbocycles. The Morgan fingerprint density at radius 3 is 2.79 bits per heavy atom. The Bertz CT molecular complexity index is 1080. The molecule has 0 saturated carbocycles. The van der Waals surface area contributed by atoms with Crippen molar-refractivity contribution >= 4 is 62.2 Å². The van der Waals surface area contributed by atoms with Crippen molar-refractivity contribution in [1.82, 2.24) is 4.37 Å². The second-order valence-corrected chi connectivity index (χ2v) is 8.58. The van der Waals surface area contributed by atoms with Gasteiger partial charge in [0, 0.05) is 9.26 Å². The standard InChI is InChI=1S/C19H18ClIN4O3S/c1-10(9-26)23-17(22)16-18(27)25-29-19(16)24-12-3-5-13(6-4-12)28-15-8-11(21)2-7-14(15)20/h2-8,10,24,26H,9H2,1H3,(H2,22,23)(H,25,27). The number of hydrogen-bond acceptors (Lipinski definition) is 6. The van der Waals surface area contributed by atoms with E-state index in [1.54, 1.807) is 25.1 Å². The van der Waals surface area contributed by atoms with Crippen LogP contribution in [-0.4, -0.2) is 28.0 Å². The highest BCUT2D eigenvalue weighted by atomic mass is 127. The minimum Gasteiger partial charge on any atom is -0.456 e. The number of ether oxygens (including phenoxy) is 1. The predicted octanol–water partition coefficient (Wildman–Crippen LogP) is 4.32. The molecule has 10 heteroatoms. The Hall–Kier alpha value is -2.08. The maximum absolute atomic E-state index is 12.1. The van der Waals surface area contributed by atoms with Gasteiger partial charge in [-0.2, -0.15) is 0 Å². The molecule has 0 bridgehead atoms. The summed E-state index contributed by atoms with van der Waals surface area (Å²) < 4.78 is 9.50. The van der Waals surface area contributed by atoms with Crippen LogP contribution in [0.2, 0.25) is 5.02 Å². The number of aliphatic hydroxyl groups excluding tert-OH is 1. The Balaban J connectivity index is 1.78. The highest BCUT2D eigenvalue weighted by Gasteiger charge is 2.16. The number of amidine groups is 1. The van der Waals surface area contributed by atoms with Crippen molar-refractivity contribution in [2.75, 3.05) is 11.9 Å². The molecule has 7 nitrogen and oxygen atoms in total. The number of aliphatic imine (C=N–C) groups is 1. The van der Waals surface area contributed by atoms with Gasteiger partial charge in [0.05, 0.1) is 17.7 Å². The number of nitrogens with one attached hydrogen (secondary N) is 2. The average molecular weight is 545 g/mol. The fourth-order valence-electron chi connectivity index (χ4n) is 2.39. The van der Waals surface area contributed by atoms with Gasteiger partial charge in [0.25, 0.3) is 5.56 Å². The minimum absolute atomic E-state index is 0.0739. The lowest BCUT2D eigenvalue weighted by molar-refractivity contribution is 0.274. The van der Waals surface area contributed by atoms with Gasteiger partial charge >= 0.3 is 0 Å². The van der Waals surface area contributed by atoms with Crippen LogP contribution in [0.1, 0.15) is 12.5 Å². The molecule has 0 aliphatic heterocycles. The number of nitrogens with two attached hydrogens (primary N) is 1. The van der Waals surface area contributed by atoms with Crippen LogP contribution < -0.4 is 21.3 Å². The summed E-state index contributed by atoms with van der Waals surface area (Å²) in [6, 6.07) is 12.4. The molecule has 0 saturated heterocycles. The number of nitrogens with zero attached hydrogens (tertiary/aromatic N) is 1. The fraction of sp³-hybridized carbons (Fsp3) is 0.158. The maximum Gasteiger partial charge on any atom is 0.271 e. The number of benzene rings is 2. The molecule has 0 aliphatic rings. The van der Waals surface area contributed by atoms with Gasteiger partial charge < -0.3 is 20.9 Å². The van der Waals surface area contributed by atoms with Crippen LogP contribution >= 0.6 is 45.7 Å². The second-order valence-electron chi connectivity index (χ2n) is 6.11. The summed E-state index contributed by atoms with van der Waals surface area (Å²) in [6.07, 6.45) is 0. The average Bonchev–Trinajstić information content (AvgIpc) is 3.06. The number of aromatic nitrogens is 1. The Kier molecular flexibility index (Phi) is 7.17. The molecule has 2 aromatic carbocycles. The molecule has 1 atom stereocenters. The van der Waals surface area contributed by atoms with E-state index in [9.17, 15) is 4.79 Å². The Labute approximate surface area is 189 Å². The molecule has 29 heavy (non-hydrogen) atoms. The van der Waals surface area contributed by atoms with E-state index in [1.165, 1.54) is 0 Å². The monoisotopic (exact) mass is 544 g/mol. The number of hydrogen-bond donors (Lipinski definition) is 4. The lowest BCUT2D eigenvalue weighted by atomic mass is 10.2. The molecule has 5 N–H and O–H groups in total. The van der Waals surface area contributed by atoms with Crippen LogP contribution in [0, 0.1) is 3.57 Å². The zero-order valence-corrected chi connectivity index (χ0v) is 19.0. The third kappa shape index (κ3) is 5.50. The minimum atomic E-state index is -0.397. The van der Waals surface area contributed by atoms with Crippen molar-refractivity contribution in [2.45, 2.75) is 13.0 Å². The van der Waals surface area contributed by atoms with E-state index in [4.69, 9.17) is 27.2 Å². The maximum atomic E-state index is 12.1. The van der Waals surface area contributed by atoms with Gasteiger partial charge in [0.2, 0.25) is 0 Å². The molecule has 0 spiro atoms. The summed E-state index contributed by atoms with van der Waals surface area (Å²) in [7, 11) is 0. The first-order valence-corrected chi connectivity index (χ1v) is 10.8. The topological polar surface area (TPSA) is 113 Å². The van der Waals surface area contributed by atoms with E-state index >= 15 is 0 Å². The van der Waals surface area contributed by atoms with Gasteiger partial charge in [-0.3, -0.25) is 14.2 Å². The van der Waals surface area contributed by atoms with Gasteiger partial charge in [-0.1, -0.05) is 11.6 Å². The number of rotatable bonds is 7. The van der Waals surface area contributed by atoms with E-state index in [0.717, 1.165) is 20.8 Å². The summed E-state index contributed by atoms with van der Waals surface area (Å²) in [5, 5.41) is 13.4. The van der Waals surface area contributed by atoms with Gasteiger partial charge in [0.1, 0.15) is 27.9 Å². The highest BCUT2D eigenvalue weighted by molar-refractivity contribution is 14.1. The molecule has 0 amide bonds. The number of H-pyrrole nitrogens is 1. The molecular weight excluding hydrogens is 527 g/mol.